The molecule has 0 bridgehead atoms. The Kier molecular flexibility index (Phi) is 14.0. The van der Waals surface area contributed by atoms with E-state index in [-0.39, 0.29) is 66.2 Å². The molecule has 0 heterocycles. The van der Waals surface area contributed by atoms with Crippen molar-refractivity contribution in [2.24, 2.45) is 0 Å². The molecule has 2 aromatic rings. The van der Waals surface area contributed by atoms with Crippen molar-refractivity contribution in [2.45, 2.75) is 13.0 Å². The van der Waals surface area contributed by atoms with Gasteiger partial charge in [0.1, 0.15) is 0 Å². The Hall–Kier alpha value is -0.117. The topological polar surface area (TPSA) is 28.2 Å². The summed E-state index contributed by atoms with van der Waals surface area (Å²) in [6, 6.07) is 20.2. The van der Waals surface area contributed by atoms with Crippen LogP contribution in [0.3, 0.4) is 0 Å². The average Bonchev–Trinajstić information content (AvgIpc) is 2.39. The van der Waals surface area contributed by atoms with E-state index in [9.17, 15) is 0 Å². The predicted octanol–water partition coefficient (Wildman–Crippen LogP) is -1.21. The molecule has 0 aliphatic heterocycles. The molecular weight excluding hydrogens is 459 g/mol. The van der Waals surface area contributed by atoms with Crippen molar-refractivity contribution in [3.05, 3.63) is 71.3 Å². The minimum atomic E-state index is 0. The SMILES string of the molecule is CC(C[N-]c1ccccc1)[N-]c1ccccc1.[Br-].[Br-].[Zr+4]. The summed E-state index contributed by atoms with van der Waals surface area (Å²) < 4.78 is 0. The van der Waals surface area contributed by atoms with Crippen molar-refractivity contribution in [3.8, 4) is 0 Å². The Morgan fingerprint density at radius 3 is 1.75 bits per heavy atom. The summed E-state index contributed by atoms with van der Waals surface area (Å²) in [5, 5.41) is 9.09. The van der Waals surface area contributed by atoms with Gasteiger partial charge in [0.15, 0.2) is 0 Å². The number of para-hydroxylation sites is 2. The molecule has 0 saturated carbocycles. The third-order valence-corrected chi connectivity index (χ3v) is 2.42. The monoisotopic (exact) mass is 472 g/mol. The fourth-order valence-corrected chi connectivity index (χ4v) is 1.58. The molecule has 0 fully saturated rings. The van der Waals surface area contributed by atoms with Crippen LogP contribution >= 0.6 is 0 Å². The molecule has 1 atom stereocenters. The van der Waals surface area contributed by atoms with Gasteiger partial charge in [-0.1, -0.05) is 67.6 Å². The number of halogens is 2. The molecule has 0 amide bonds. The van der Waals surface area contributed by atoms with Gasteiger partial charge < -0.3 is 44.6 Å². The van der Waals surface area contributed by atoms with Crippen LogP contribution in [0.15, 0.2) is 60.7 Å². The quantitative estimate of drug-likeness (QED) is 0.520. The molecule has 0 aliphatic rings. The van der Waals surface area contributed by atoms with Crippen LogP contribution in [0.2, 0.25) is 0 Å². The van der Waals surface area contributed by atoms with Gasteiger partial charge in [-0.15, -0.1) is 24.0 Å². The van der Waals surface area contributed by atoms with Crippen LogP contribution < -0.4 is 34.0 Å². The maximum atomic E-state index is 4.58. The van der Waals surface area contributed by atoms with E-state index in [0.717, 1.165) is 17.9 Å². The Morgan fingerprint density at radius 2 is 1.25 bits per heavy atom. The number of benzene rings is 2. The minimum Gasteiger partial charge on any atom is -1.00 e. The maximum Gasteiger partial charge on any atom is 4.00 e. The molecule has 5 heteroatoms. The molecule has 2 rings (SSSR count). The van der Waals surface area contributed by atoms with Gasteiger partial charge in [0.25, 0.3) is 0 Å². The Bertz CT molecular complexity index is 440. The van der Waals surface area contributed by atoms with Crippen LogP contribution in [-0.2, 0) is 26.2 Å². The molecule has 0 radical (unpaired) electrons. The molecule has 104 valence electrons. The van der Waals surface area contributed by atoms with Crippen molar-refractivity contribution >= 4 is 11.4 Å². The second kappa shape index (κ2) is 12.6. The Balaban J connectivity index is 0. The molecule has 0 saturated heterocycles. The largest absolute Gasteiger partial charge is 4.00 e. The minimum absolute atomic E-state index is 0. The van der Waals surface area contributed by atoms with E-state index >= 15 is 0 Å². The van der Waals surface area contributed by atoms with E-state index < -0.39 is 0 Å². The second-order valence-corrected chi connectivity index (χ2v) is 3.99. The summed E-state index contributed by atoms with van der Waals surface area (Å²) in [7, 11) is 0. The van der Waals surface area contributed by atoms with Gasteiger partial charge in [0.2, 0.25) is 0 Å². The molecule has 20 heavy (non-hydrogen) atoms. The number of hydrogen-bond donors (Lipinski definition) is 0. The first kappa shape index (κ1) is 22.2. The number of rotatable bonds is 5. The number of nitrogens with zero attached hydrogens (tertiary/aromatic N) is 2. The van der Waals surface area contributed by atoms with Gasteiger partial charge in [-0.05, 0) is 0 Å². The second-order valence-electron chi connectivity index (χ2n) is 3.99. The Morgan fingerprint density at radius 1 is 0.800 bits per heavy atom. The molecule has 2 nitrogen and oxygen atoms in total. The van der Waals surface area contributed by atoms with Crippen LogP contribution in [0.25, 0.3) is 10.6 Å². The smallest absolute Gasteiger partial charge is 1.00 e. The van der Waals surface area contributed by atoms with Crippen LogP contribution in [0, 0.1) is 0 Å². The van der Waals surface area contributed by atoms with Crippen molar-refractivity contribution in [2.75, 3.05) is 6.54 Å². The fraction of sp³-hybridized carbons (Fsp3) is 0.200. The van der Waals surface area contributed by atoms with E-state index in [0.29, 0.717) is 0 Å². The van der Waals surface area contributed by atoms with Gasteiger partial charge in [-0.3, -0.25) is 0 Å². The molecule has 0 N–H and O–H groups in total. The van der Waals surface area contributed by atoms with Gasteiger partial charge in [0.05, 0.1) is 0 Å². The van der Waals surface area contributed by atoms with E-state index in [1.165, 1.54) is 0 Å². The summed E-state index contributed by atoms with van der Waals surface area (Å²) in [6.45, 7) is 2.80. The normalized spacial score (nSPS) is 10.1. The standard InChI is InChI=1S/C15H16N2.2BrH.Zr/c1-13(17-15-10-6-3-7-11-15)12-16-14-8-4-2-5-9-14;;;/h2-11,13H,12H2,1H3;2*1H;/q-2;;;+4/p-2. The first-order valence-corrected chi connectivity index (χ1v) is 5.83. The van der Waals surface area contributed by atoms with E-state index in [4.69, 9.17) is 0 Å². The van der Waals surface area contributed by atoms with Crippen molar-refractivity contribution in [1.82, 2.24) is 0 Å². The molecule has 0 aromatic heterocycles. The zero-order valence-electron chi connectivity index (χ0n) is 11.2. The predicted molar refractivity (Wildman–Crippen MR) is 73.3 cm³/mol. The molecule has 2 aromatic carbocycles. The summed E-state index contributed by atoms with van der Waals surface area (Å²) in [5.41, 5.74) is 2.03. The molecular formula is C15H16Br2N2Zr. The van der Waals surface area contributed by atoms with E-state index in [2.05, 4.69) is 17.6 Å². The Labute approximate surface area is 161 Å². The zero-order chi connectivity index (χ0) is 11.9. The fourth-order valence-electron chi connectivity index (χ4n) is 1.58. The average molecular weight is 475 g/mol. The first-order valence-electron chi connectivity index (χ1n) is 5.83. The van der Waals surface area contributed by atoms with Crippen molar-refractivity contribution < 1.29 is 60.2 Å². The van der Waals surface area contributed by atoms with Crippen molar-refractivity contribution in [3.63, 3.8) is 0 Å². The third-order valence-electron chi connectivity index (χ3n) is 2.42. The zero-order valence-corrected chi connectivity index (χ0v) is 16.8. The molecule has 1 unspecified atom stereocenters. The van der Waals surface area contributed by atoms with E-state index in [1.807, 2.05) is 60.7 Å². The van der Waals surface area contributed by atoms with Crippen LogP contribution in [0.4, 0.5) is 11.4 Å². The third kappa shape index (κ3) is 8.23. The van der Waals surface area contributed by atoms with Crippen LogP contribution in [0.5, 0.6) is 0 Å². The van der Waals surface area contributed by atoms with Crippen molar-refractivity contribution in [1.29, 1.82) is 0 Å². The summed E-state index contributed by atoms with van der Waals surface area (Å²) in [5.74, 6) is 0. The van der Waals surface area contributed by atoms with E-state index in [1.54, 1.807) is 0 Å². The van der Waals surface area contributed by atoms with Crippen LogP contribution in [-0.4, -0.2) is 12.6 Å². The van der Waals surface area contributed by atoms with Gasteiger partial charge >= 0.3 is 26.2 Å². The van der Waals surface area contributed by atoms with Gasteiger partial charge in [-0.25, -0.2) is 0 Å². The van der Waals surface area contributed by atoms with Gasteiger partial charge in [-0.2, -0.15) is 0 Å². The number of hydrogen-bond acceptors (Lipinski definition) is 0. The maximum absolute atomic E-state index is 4.58. The summed E-state index contributed by atoms with van der Waals surface area (Å²) in [4.78, 5) is 0. The summed E-state index contributed by atoms with van der Waals surface area (Å²) >= 11 is 0. The first-order chi connectivity index (χ1) is 8.34. The summed E-state index contributed by atoms with van der Waals surface area (Å²) in [6.07, 6.45) is 0. The van der Waals surface area contributed by atoms with Gasteiger partial charge in [0, 0.05) is 0 Å². The molecule has 0 spiro atoms. The molecule has 0 aliphatic carbocycles. The van der Waals surface area contributed by atoms with Crippen LogP contribution in [0.1, 0.15) is 6.92 Å².